The van der Waals surface area contributed by atoms with Crippen LogP contribution in [0.1, 0.15) is 21.5 Å². The molecule has 0 bridgehead atoms. The molecule has 0 unspecified atom stereocenters. The molecule has 72 valence electrons. The molecule has 0 aliphatic carbocycles. The fourth-order valence-electron chi connectivity index (χ4n) is 1.16. The third-order valence-electron chi connectivity index (χ3n) is 2.31. The summed E-state index contributed by atoms with van der Waals surface area (Å²) in [6.07, 6.45) is 1.48. The molecule has 1 nitrogen and oxygen atoms in total. The second-order valence-electron chi connectivity index (χ2n) is 3.36. The Morgan fingerprint density at radius 2 is 1.93 bits per heavy atom. The smallest absolute Gasteiger partial charge is 0.192 e. The van der Waals surface area contributed by atoms with E-state index in [1.807, 2.05) is 32.0 Å². The number of carbonyl (C=O) groups is 1. The summed E-state index contributed by atoms with van der Waals surface area (Å²) in [6.45, 7) is 11.2. The van der Waals surface area contributed by atoms with Gasteiger partial charge in [-0.2, -0.15) is 0 Å². The standard InChI is InChI=1S/C13H14O/c1-5-9(2)13(14)12-7-6-10(3)11(4)8-12/h5-8H,1-2H2,3-4H3. The Balaban J connectivity index is 3.09. The van der Waals surface area contributed by atoms with Crippen LogP contribution in [0.2, 0.25) is 0 Å². The van der Waals surface area contributed by atoms with Crippen molar-refractivity contribution in [2.24, 2.45) is 0 Å². The van der Waals surface area contributed by atoms with Crippen molar-refractivity contribution in [3.8, 4) is 0 Å². The maximum atomic E-state index is 11.7. The highest BCUT2D eigenvalue weighted by atomic mass is 16.1. The number of aryl methyl sites for hydroxylation is 2. The van der Waals surface area contributed by atoms with Crippen LogP contribution in [0.5, 0.6) is 0 Å². The minimum atomic E-state index is -0.0527. The molecule has 0 spiro atoms. The lowest BCUT2D eigenvalue weighted by Gasteiger charge is -2.03. The molecule has 1 rings (SSSR count). The van der Waals surface area contributed by atoms with Gasteiger partial charge in [-0.1, -0.05) is 31.4 Å². The van der Waals surface area contributed by atoms with Crippen LogP contribution in [-0.4, -0.2) is 5.78 Å². The summed E-state index contributed by atoms with van der Waals surface area (Å²) in [5.41, 5.74) is 3.42. The monoisotopic (exact) mass is 186 g/mol. The molecule has 0 radical (unpaired) electrons. The van der Waals surface area contributed by atoms with Crippen molar-refractivity contribution in [3.05, 3.63) is 59.7 Å². The molecule has 0 aromatic heterocycles. The summed E-state index contributed by atoms with van der Waals surface area (Å²) >= 11 is 0. The number of allylic oxidation sites excluding steroid dienone is 2. The van der Waals surface area contributed by atoms with E-state index in [0.717, 1.165) is 5.56 Å². The van der Waals surface area contributed by atoms with Crippen molar-refractivity contribution in [2.45, 2.75) is 13.8 Å². The molecular weight excluding hydrogens is 172 g/mol. The first-order valence-corrected chi connectivity index (χ1v) is 4.49. The Hall–Kier alpha value is -1.63. The average molecular weight is 186 g/mol. The lowest BCUT2D eigenvalue weighted by Crippen LogP contribution is -2.00. The molecular formula is C13H14O. The maximum Gasteiger partial charge on any atom is 0.192 e. The van der Waals surface area contributed by atoms with Crippen LogP contribution in [0.4, 0.5) is 0 Å². The lowest BCUT2D eigenvalue weighted by atomic mass is 10.0. The number of ketones is 1. The minimum Gasteiger partial charge on any atom is -0.289 e. The van der Waals surface area contributed by atoms with Crippen LogP contribution in [0.3, 0.4) is 0 Å². The van der Waals surface area contributed by atoms with Gasteiger partial charge in [-0.15, -0.1) is 0 Å². The SMILES string of the molecule is C=CC(=C)C(=O)c1ccc(C)c(C)c1. The van der Waals surface area contributed by atoms with Crippen molar-refractivity contribution < 1.29 is 4.79 Å². The Kier molecular flexibility index (Phi) is 3.03. The van der Waals surface area contributed by atoms with Gasteiger partial charge in [0.1, 0.15) is 0 Å². The highest BCUT2D eigenvalue weighted by Crippen LogP contribution is 2.13. The summed E-state index contributed by atoms with van der Waals surface area (Å²) in [5.74, 6) is -0.0527. The van der Waals surface area contributed by atoms with Gasteiger partial charge in [-0.3, -0.25) is 4.79 Å². The van der Waals surface area contributed by atoms with Crippen molar-refractivity contribution >= 4 is 5.78 Å². The first kappa shape index (κ1) is 10.5. The molecule has 0 saturated heterocycles. The molecule has 0 fully saturated rings. The Morgan fingerprint density at radius 3 is 2.43 bits per heavy atom. The number of carbonyl (C=O) groups excluding carboxylic acids is 1. The van der Waals surface area contributed by atoms with E-state index in [1.54, 1.807) is 0 Å². The highest BCUT2D eigenvalue weighted by Gasteiger charge is 2.07. The van der Waals surface area contributed by atoms with E-state index in [4.69, 9.17) is 0 Å². The van der Waals surface area contributed by atoms with E-state index < -0.39 is 0 Å². The molecule has 1 heteroatoms. The van der Waals surface area contributed by atoms with Crippen molar-refractivity contribution in [2.75, 3.05) is 0 Å². The van der Waals surface area contributed by atoms with Crippen molar-refractivity contribution in [1.82, 2.24) is 0 Å². The number of benzene rings is 1. The summed E-state index contributed by atoms with van der Waals surface area (Å²) in [6, 6.07) is 5.64. The zero-order valence-corrected chi connectivity index (χ0v) is 8.63. The van der Waals surface area contributed by atoms with Gasteiger partial charge in [0, 0.05) is 11.1 Å². The Morgan fingerprint density at radius 1 is 1.29 bits per heavy atom. The number of Topliss-reactive ketones (excluding diaryl/α,β-unsaturated/α-hetero) is 1. The lowest BCUT2D eigenvalue weighted by molar-refractivity contribution is 0.103. The van der Waals surface area contributed by atoms with Crippen molar-refractivity contribution in [1.29, 1.82) is 0 Å². The zero-order valence-electron chi connectivity index (χ0n) is 8.63. The second kappa shape index (κ2) is 4.05. The third-order valence-corrected chi connectivity index (χ3v) is 2.31. The zero-order chi connectivity index (χ0) is 10.7. The third kappa shape index (κ3) is 1.99. The number of hydrogen-bond acceptors (Lipinski definition) is 1. The normalized spacial score (nSPS) is 9.57. The fourth-order valence-corrected chi connectivity index (χ4v) is 1.16. The van der Waals surface area contributed by atoms with Crippen LogP contribution >= 0.6 is 0 Å². The van der Waals surface area contributed by atoms with Gasteiger partial charge in [0.25, 0.3) is 0 Å². The summed E-state index contributed by atoms with van der Waals surface area (Å²) < 4.78 is 0. The summed E-state index contributed by atoms with van der Waals surface area (Å²) in [7, 11) is 0. The van der Waals surface area contributed by atoms with Crippen LogP contribution in [-0.2, 0) is 0 Å². The number of rotatable bonds is 3. The summed E-state index contributed by atoms with van der Waals surface area (Å²) in [4.78, 5) is 11.7. The van der Waals surface area contributed by atoms with E-state index in [0.29, 0.717) is 11.1 Å². The van der Waals surface area contributed by atoms with Gasteiger partial charge < -0.3 is 0 Å². The van der Waals surface area contributed by atoms with Crippen LogP contribution in [0.25, 0.3) is 0 Å². The highest BCUT2D eigenvalue weighted by molar-refractivity contribution is 6.10. The molecule has 1 aromatic rings. The molecule has 0 amide bonds. The molecule has 0 heterocycles. The average Bonchev–Trinajstić information content (AvgIpc) is 2.20. The topological polar surface area (TPSA) is 17.1 Å². The van der Waals surface area contributed by atoms with Crippen LogP contribution < -0.4 is 0 Å². The van der Waals surface area contributed by atoms with Crippen LogP contribution in [0.15, 0.2) is 43.0 Å². The first-order valence-electron chi connectivity index (χ1n) is 4.49. The minimum absolute atomic E-state index is 0.0527. The van der Waals surface area contributed by atoms with Gasteiger partial charge in [0.15, 0.2) is 5.78 Å². The van der Waals surface area contributed by atoms with E-state index >= 15 is 0 Å². The van der Waals surface area contributed by atoms with Crippen molar-refractivity contribution in [3.63, 3.8) is 0 Å². The fraction of sp³-hybridized carbons (Fsp3) is 0.154. The molecule has 0 aliphatic heterocycles. The van der Waals surface area contributed by atoms with E-state index in [1.165, 1.54) is 11.6 Å². The molecule has 0 atom stereocenters. The molecule has 0 aliphatic rings. The summed E-state index contributed by atoms with van der Waals surface area (Å²) in [5, 5.41) is 0. The predicted molar refractivity (Wildman–Crippen MR) is 59.6 cm³/mol. The van der Waals surface area contributed by atoms with Crippen LogP contribution in [0, 0.1) is 13.8 Å². The quantitative estimate of drug-likeness (QED) is 0.402. The molecule has 14 heavy (non-hydrogen) atoms. The largest absolute Gasteiger partial charge is 0.289 e. The number of hydrogen-bond donors (Lipinski definition) is 0. The van der Waals surface area contributed by atoms with Gasteiger partial charge in [0.05, 0.1) is 0 Å². The van der Waals surface area contributed by atoms with E-state index in [2.05, 4.69) is 13.2 Å². The Bertz CT molecular complexity index is 400. The van der Waals surface area contributed by atoms with E-state index in [9.17, 15) is 4.79 Å². The van der Waals surface area contributed by atoms with E-state index in [-0.39, 0.29) is 5.78 Å². The second-order valence-corrected chi connectivity index (χ2v) is 3.36. The molecule has 0 N–H and O–H groups in total. The van der Waals surface area contributed by atoms with Gasteiger partial charge in [-0.05, 0) is 31.0 Å². The predicted octanol–water partition coefficient (Wildman–Crippen LogP) is 3.23. The van der Waals surface area contributed by atoms with Gasteiger partial charge in [-0.25, -0.2) is 0 Å². The van der Waals surface area contributed by atoms with Gasteiger partial charge in [0.2, 0.25) is 0 Å². The molecule has 1 aromatic carbocycles. The maximum absolute atomic E-state index is 11.7. The van der Waals surface area contributed by atoms with Gasteiger partial charge >= 0.3 is 0 Å². The first-order chi connectivity index (χ1) is 6.56. The molecule has 0 saturated carbocycles. The Labute approximate surface area is 84.8 Å².